The van der Waals surface area contributed by atoms with Crippen molar-refractivity contribution in [3.63, 3.8) is 0 Å². The molecule has 4 amide bonds. The largest absolute Gasteiger partial charge is 0.352 e. The highest BCUT2D eigenvalue weighted by Crippen LogP contribution is 1.98. The molecule has 0 saturated carbocycles. The smallest absolute Gasteiger partial charge is 0.325 e. The van der Waals surface area contributed by atoms with E-state index in [0.717, 1.165) is 11.3 Å². The number of hydrogen-bond donors (Lipinski definition) is 2. The highest BCUT2D eigenvalue weighted by Gasteiger charge is 2.30. The van der Waals surface area contributed by atoms with Gasteiger partial charge in [-0.1, -0.05) is 6.92 Å². The minimum Gasteiger partial charge on any atom is -0.352 e. The summed E-state index contributed by atoms with van der Waals surface area (Å²) in [5.41, 5.74) is 0. The van der Waals surface area contributed by atoms with E-state index in [4.69, 9.17) is 0 Å². The molecule has 0 aromatic carbocycles. The zero-order chi connectivity index (χ0) is 11.4. The Hall–Kier alpha value is -1.59. The summed E-state index contributed by atoms with van der Waals surface area (Å²) in [7, 11) is 0. The maximum absolute atomic E-state index is 11.4. The van der Waals surface area contributed by atoms with Crippen molar-refractivity contribution in [1.29, 1.82) is 0 Å². The van der Waals surface area contributed by atoms with Gasteiger partial charge in [-0.15, -0.1) is 0 Å². The van der Waals surface area contributed by atoms with Gasteiger partial charge >= 0.3 is 6.03 Å². The van der Waals surface area contributed by atoms with Crippen molar-refractivity contribution in [2.75, 3.05) is 13.1 Å². The molecule has 2 N–H and O–H groups in total. The highest BCUT2D eigenvalue weighted by molar-refractivity contribution is 6.04. The van der Waals surface area contributed by atoms with Crippen molar-refractivity contribution in [3.8, 4) is 0 Å². The van der Waals surface area contributed by atoms with Gasteiger partial charge in [-0.05, 0) is 13.3 Å². The molecule has 6 heteroatoms. The topological polar surface area (TPSA) is 78.5 Å². The third-order valence-electron chi connectivity index (χ3n) is 2.26. The Morgan fingerprint density at radius 3 is 2.73 bits per heavy atom. The minimum atomic E-state index is -0.501. The van der Waals surface area contributed by atoms with Crippen molar-refractivity contribution in [3.05, 3.63) is 0 Å². The number of imide groups is 1. The molecule has 1 heterocycles. The number of amides is 4. The fourth-order valence-corrected chi connectivity index (χ4v) is 1.18. The maximum atomic E-state index is 11.4. The Bertz CT molecular complexity index is 274. The zero-order valence-corrected chi connectivity index (χ0v) is 8.87. The van der Waals surface area contributed by atoms with E-state index in [1.807, 2.05) is 13.8 Å². The normalized spacial score (nSPS) is 17.6. The number of carbonyl (C=O) groups is 3. The molecule has 6 nitrogen and oxygen atoms in total. The fraction of sp³-hybridized carbons (Fsp3) is 0.667. The minimum absolute atomic E-state index is 0.0184. The van der Waals surface area contributed by atoms with E-state index in [2.05, 4.69) is 10.6 Å². The summed E-state index contributed by atoms with van der Waals surface area (Å²) in [5.74, 6) is -0.672. The summed E-state index contributed by atoms with van der Waals surface area (Å²) >= 11 is 0. The molecule has 1 atom stereocenters. The number of urea groups is 1. The molecule has 0 unspecified atom stereocenters. The first-order chi connectivity index (χ1) is 7.04. The summed E-state index contributed by atoms with van der Waals surface area (Å²) in [6.07, 6.45) is 0.811. The van der Waals surface area contributed by atoms with Crippen LogP contribution in [-0.4, -0.2) is 41.9 Å². The van der Waals surface area contributed by atoms with Crippen molar-refractivity contribution >= 4 is 17.8 Å². The second kappa shape index (κ2) is 4.77. The lowest BCUT2D eigenvalue weighted by Crippen LogP contribution is -2.43. The summed E-state index contributed by atoms with van der Waals surface area (Å²) in [5, 5.41) is 5.03. The first kappa shape index (κ1) is 11.5. The molecule has 0 spiro atoms. The van der Waals surface area contributed by atoms with E-state index in [-0.39, 0.29) is 30.9 Å². The van der Waals surface area contributed by atoms with Crippen molar-refractivity contribution < 1.29 is 14.4 Å². The molecule has 15 heavy (non-hydrogen) atoms. The number of nitrogens with one attached hydrogen (secondary N) is 2. The van der Waals surface area contributed by atoms with Gasteiger partial charge in [-0.2, -0.15) is 0 Å². The lowest BCUT2D eigenvalue weighted by atomic mass is 10.2. The van der Waals surface area contributed by atoms with Crippen LogP contribution in [0.2, 0.25) is 0 Å². The predicted octanol–water partition coefficient (Wildman–Crippen LogP) is -0.547. The van der Waals surface area contributed by atoms with Crippen LogP contribution >= 0.6 is 0 Å². The molecule has 1 rings (SSSR count). The number of nitrogens with zero attached hydrogens (tertiary/aromatic N) is 1. The van der Waals surface area contributed by atoms with E-state index in [1.165, 1.54) is 0 Å². The molecule has 0 radical (unpaired) electrons. The molecule has 0 aliphatic carbocycles. The third kappa shape index (κ3) is 2.93. The van der Waals surface area contributed by atoms with Gasteiger partial charge in [-0.25, -0.2) is 4.79 Å². The molecular formula is C9H15N3O3. The lowest BCUT2D eigenvalue weighted by molar-refractivity contribution is -0.130. The Kier molecular flexibility index (Phi) is 3.65. The Balaban J connectivity index is 2.44. The van der Waals surface area contributed by atoms with Crippen molar-refractivity contribution in [1.82, 2.24) is 15.5 Å². The van der Waals surface area contributed by atoms with Gasteiger partial charge in [0, 0.05) is 6.04 Å². The van der Waals surface area contributed by atoms with E-state index in [0.29, 0.717) is 0 Å². The van der Waals surface area contributed by atoms with Gasteiger partial charge in [0.05, 0.1) is 6.54 Å². The highest BCUT2D eigenvalue weighted by atomic mass is 16.2. The van der Waals surface area contributed by atoms with Crippen LogP contribution in [-0.2, 0) is 9.59 Å². The van der Waals surface area contributed by atoms with Gasteiger partial charge in [0.2, 0.25) is 5.91 Å². The third-order valence-corrected chi connectivity index (χ3v) is 2.26. The second-order valence-corrected chi connectivity index (χ2v) is 3.52. The fourth-order valence-electron chi connectivity index (χ4n) is 1.18. The zero-order valence-electron chi connectivity index (χ0n) is 8.87. The van der Waals surface area contributed by atoms with Gasteiger partial charge < -0.3 is 10.6 Å². The van der Waals surface area contributed by atoms with Gasteiger partial charge in [0.1, 0.15) is 6.54 Å². The van der Waals surface area contributed by atoms with Crippen LogP contribution in [0.4, 0.5) is 4.79 Å². The Labute approximate surface area is 88.0 Å². The maximum Gasteiger partial charge on any atom is 0.325 e. The Morgan fingerprint density at radius 1 is 1.60 bits per heavy atom. The summed E-state index contributed by atoms with van der Waals surface area (Å²) in [6.45, 7) is 3.59. The standard InChI is InChI=1S/C9H15N3O3/c1-3-6(2)11-7(13)5-12-8(14)4-10-9(12)15/h6H,3-5H2,1-2H3,(H,10,15)(H,11,13)/t6-/m1/s1. The van der Waals surface area contributed by atoms with Crippen LogP contribution in [0.5, 0.6) is 0 Å². The van der Waals surface area contributed by atoms with Gasteiger partial charge in [0.25, 0.3) is 5.91 Å². The average molecular weight is 213 g/mol. The molecule has 0 aromatic heterocycles. The van der Waals surface area contributed by atoms with Crippen LogP contribution in [0.25, 0.3) is 0 Å². The van der Waals surface area contributed by atoms with Crippen LogP contribution < -0.4 is 10.6 Å². The second-order valence-electron chi connectivity index (χ2n) is 3.52. The van der Waals surface area contributed by atoms with E-state index in [1.54, 1.807) is 0 Å². The monoisotopic (exact) mass is 213 g/mol. The molecule has 84 valence electrons. The van der Waals surface area contributed by atoms with Crippen LogP contribution in [0.15, 0.2) is 0 Å². The lowest BCUT2D eigenvalue weighted by Gasteiger charge is -2.15. The quantitative estimate of drug-likeness (QED) is 0.615. The van der Waals surface area contributed by atoms with Crippen LogP contribution in [0.1, 0.15) is 20.3 Å². The molecule has 1 aliphatic heterocycles. The van der Waals surface area contributed by atoms with Crippen LogP contribution in [0, 0.1) is 0 Å². The van der Waals surface area contributed by atoms with Gasteiger partial charge in [-0.3, -0.25) is 14.5 Å². The Morgan fingerprint density at radius 2 is 2.27 bits per heavy atom. The number of hydrogen-bond acceptors (Lipinski definition) is 3. The first-order valence-corrected chi connectivity index (χ1v) is 4.92. The molecule has 0 bridgehead atoms. The van der Waals surface area contributed by atoms with E-state index < -0.39 is 6.03 Å². The van der Waals surface area contributed by atoms with E-state index in [9.17, 15) is 14.4 Å². The molecular weight excluding hydrogens is 198 g/mol. The average Bonchev–Trinajstić information content (AvgIpc) is 2.49. The molecule has 1 aliphatic rings. The first-order valence-electron chi connectivity index (χ1n) is 4.92. The molecule has 1 saturated heterocycles. The van der Waals surface area contributed by atoms with Crippen LogP contribution in [0.3, 0.4) is 0 Å². The van der Waals surface area contributed by atoms with Crippen molar-refractivity contribution in [2.24, 2.45) is 0 Å². The molecule has 0 aromatic rings. The molecule has 1 fully saturated rings. The number of rotatable bonds is 4. The van der Waals surface area contributed by atoms with E-state index >= 15 is 0 Å². The van der Waals surface area contributed by atoms with Crippen molar-refractivity contribution in [2.45, 2.75) is 26.3 Å². The summed E-state index contributed by atoms with van der Waals surface area (Å²) in [4.78, 5) is 34.5. The predicted molar refractivity (Wildman–Crippen MR) is 53.0 cm³/mol. The SMILES string of the molecule is CC[C@@H](C)NC(=O)CN1C(=O)CNC1=O. The summed E-state index contributed by atoms with van der Waals surface area (Å²) < 4.78 is 0. The van der Waals surface area contributed by atoms with Gasteiger partial charge in [0.15, 0.2) is 0 Å². The number of carbonyl (C=O) groups excluding carboxylic acids is 3. The summed E-state index contributed by atoms with van der Waals surface area (Å²) in [6, 6.07) is -0.447.